The summed E-state index contributed by atoms with van der Waals surface area (Å²) in [6.07, 6.45) is 0.593. The summed E-state index contributed by atoms with van der Waals surface area (Å²) in [7, 11) is 0. The molecular weight excluding hydrogens is 296 g/mol. The van der Waals surface area contributed by atoms with Gasteiger partial charge in [0, 0.05) is 6.42 Å². The van der Waals surface area contributed by atoms with Gasteiger partial charge in [-0.15, -0.1) is 0 Å². The van der Waals surface area contributed by atoms with E-state index in [1.807, 2.05) is 13.8 Å². The highest BCUT2D eigenvalue weighted by Gasteiger charge is 2.52. The quantitative estimate of drug-likeness (QED) is 0.289. The highest BCUT2D eigenvalue weighted by Crippen LogP contribution is 2.40. The molecule has 0 radical (unpaired) electrons. The number of esters is 1. The Hall–Kier alpha value is -0.460. The molecule has 0 aromatic carbocycles. The van der Waals surface area contributed by atoms with Gasteiger partial charge in [-0.1, -0.05) is 32.9 Å². The van der Waals surface area contributed by atoms with Crippen LogP contribution in [0.25, 0.3) is 0 Å². The third kappa shape index (κ3) is 5.50. The Morgan fingerprint density at radius 1 is 1.15 bits per heavy atom. The zero-order chi connectivity index (χ0) is 16.0. The number of carbonyl (C=O) groups excluding carboxylic acids is 1. The fourth-order valence-electron chi connectivity index (χ4n) is 1.76. The predicted octanol–water partition coefficient (Wildman–Crippen LogP) is 4.68. The summed E-state index contributed by atoms with van der Waals surface area (Å²) in [4.78, 5) is 11.8. The zero-order valence-corrected chi connectivity index (χ0v) is 12.9. The number of hydrogen-bond acceptors (Lipinski definition) is 3. The molecule has 0 spiro atoms. The first-order valence-electron chi connectivity index (χ1n) is 6.65. The largest absolute Gasteiger partial charge is 0.465 e. The van der Waals surface area contributed by atoms with Gasteiger partial charge in [0.1, 0.15) is 0 Å². The van der Waals surface area contributed by atoms with E-state index in [0.717, 1.165) is 6.42 Å². The maximum atomic E-state index is 12.9. The van der Waals surface area contributed by atoms with Crippen molar-refractivity contribution in [3.63, 3.8) is 0 Å². The highest BCUT2D eigenvalue weighted by molar-refractivity contribution is 7.81. The molecule has 0 amide bonds. The number of alkyl halides is 4. The minimum atomic E-state index is -4.36. The van der Waals surface area contributed by atoms with Gasteiger partial charge in [-0.3, -0.25) is 4.79 Å². The summed E-state index contributed by atoms with van der Waals surface area (Å²) in [5.41, 5.74) is -0.648. The van der Waals surface area contributed by atoms with Gasteiger partial charge in [-0.2, -0.15) is 17.6 Å². The van der Waals surface area contributed by atoms with Crippen molar-refractivity contribution >= 4 is 18.6 Å². The lowest BCUT2D eigenvalue weighted by atomic mass is 9.83. The van der Waals surface area contributed by atoms with Gasteiger partial charge in [0.25, 0.3) is 0 Å². The number of thiol groups is 1. The minimum absolute atomic E-state index is 0.294. The lowest BCUT2D eigenvalue weighted by molar-refractivity contribution is -0.163. The summed E-state index contributed by atoms with van der Waals surface area (Å²) in [5, 5.41) is -4.36. The number of hydrogen-bond donors (Lipinski definition) is 1. The van der Waals surface area contributed by atoms with Gasteiger partial charge in [0.2, 0.25) is 0 Å². The molecule has 0 heterocycles. The molecule has 0 bridgehead atoms. The van der Waals surface area contributed by atoms with Crippen molar-refractivity contribution in [2.75, 3.05) is 6.61 Å². The first-order chi connectivity index (χ1) is 9.00. The van der Waals surface area contributed by atoms with Gasteiger partial charge in [0.15, 0.2) is 0 Å². The van der Waals surface area contributed by atoms with E-state index in [4.69, 9.17) is 4.74 Å². The van der Waals surface area contributed by atoms with Crippen molar-refractivity contribution in [3.05, 3.63) is 0 Å². The molecule has 0 aliphatic rings. The van der Waals surface area contributed by atoms with E-state index in [1.54, 1.807) is 6.92 Å². The second-order valence-corrected chi connectivity index (χ2v) is 5.71. The summed E-state index contributed by atoms with van der Waals surface area (Å²) in [5.74, 6) is -4.68. The minimum Gasteiger partial charge on any atom is -0.465 e. The van der Waals surface area contributed by atoms with Crippen molar-refractivity contribution in [2.45, 2.75) is 64.1 Å². The Kier molecular flexibility index (Phi) is 7.35. The maximum Gasteiger partial charge on any atom is 0.353 e. The Labute approximate surface area is 122 Å². The smallest absolute Gasteiger partial charge is 0.353 e. The van der Waals surface area contributed by atoms with Gasteiger partial charge >= 0.3 is 17.1 Å². The van der Waals surface area contributed by atoms with Gasteiger partial charge < -0.3 is 4.74 Å². The Balaban J connectivity index is 4.23. The van der Waals surface area contributed by atoms with Crippen molar-refractivity contribution in [1.29, 1.82) is 0 Å². The summed E-state index contributed by atoms with van der Waals surface area (Å²) in [6.45, 7) is 5.22. The van der Waals surface area contributed by atoms with Crippen molar-refractivity contribution in [2.24, 2.45) is 5.41 Å². The van der Waals surface area contributed by atoms with Crippen molar-refractivity contribution in [1.82, 2.24) is 0 Å². The lowest BCUT2D eigenvalue weighted by Crippen LogP contribution is -2.36. The van der Waals surface area contributed by atoms with Gasteiger partial charge in [-0.05, 0) is 26.2 Å². The van der Waals surface area contributed by atoms with Crippen LogP contribution in [0.1, 0.15) is 52.9 Å². The van der Waals surface area contributed by atoms with E-state index in [9.17, 15) is 22.4 Å². The molecule has 0 aliphatic heterocycles. The lowest BCUT2D eigenvalue weighted by Gasteiger charge is -2.26. The van der Waals surface area contributed by atoms with E-state index in [1.165, 1.54) is 0 Å². The standard InChI is InChI=1S/C13H22F4O2S/c1-4-7-11(3,5-2)10(18)19-9-6-8-12(14,15)13(16,17)20/h20H,4-9H2,1-3H3. The van der Waals surface area contributed by atoms with E-state index in [-0.39, 0.29) is 13.0 Å². The Bertz CT molecular complexity index is 318. The van der Waals surface area contributed by atoms with Crippen LogP contribution in [0.3, 0.4) is 0 Å². The molecule has 0 aliphatic carbocycles. The van der Waals surface area contributed by atoms with Crippen LogP contribution in [0.5, 0.6) is 0 Å². The van der Waals surface area contributed by atoms with Crippen LogP contribution in [-0.4, -0.2) is 23.8 Å². The third-order valence-electron chi connectivity index (χ3n) is 3.38. The molecule has 0 rings (SSSR count). The van der Waals surface area contributed by atoms with Crippen molar-refractivity contribution in [3.8, 4) is 0 Å². The zero-order valence-electron chi connectivity index (χ0n) is 12.0. The molecule has 0 saturated carbocycles. The van der Waals surface area contributed by atoms with Crippen LogP contribution in [-0.2, 0) is 9.53 Å². The van der Waals surface area contributed by atoms with Crippen LogP contribution < -0.4 is 0 Å². The fourth-order valence-corrected chi connectivity index (χ4v) is 1.87. The van der Waals surface area contributed by atoms with E-state index < -0.39 is 29.0 Å². The number of carbonyl (C=O) groups is 1. The van der Waals surface area contributed by atoms with E-state index in [0.29, 0.717) is 12.8 Å². The average Bonchev–Trinajstić information content (AvgIpc) is 2.33. The number of ether oxygens (including phenoxy) is 1. The maximum absolute atomic E-state index is 12.9. The van der Waals surface area contributed by atoms with Crippen molar-refractivity contribution < 1.29 is 27.1 Å². The predicted molar refractivity (Wildman–Crippen MR) is 72.4 cm³/mol. The topological polar surface area (TPSA) is 26.3 Å². The van der Waals surface area contributed by atoms with Crippen LogP contribution in [0.4, 0.5) is 17.6 Å². The molecule has 20 heavy (non-hydrogen) atoms. The number of halogens is 4. The summed E-state index contributed by atoms with van der Waals surface area (Å²) in [6, 6.07) is 0. The molecule has 0 N–H and O–H groups in total. The molecule has 2 nitrogen and oxygen atoms in total. The average molecular weight is 318 g/mol. The molecule has 0 fully saturated rings. The Morgan fingerprint density at radius 3 is 2.10 bits per heavy atom. The second-order valence-electron chi connectivity index (χ2n) is 5.15. The van der Waals surface area contributed by atoms with E-state index >= 15 is 0 Å². The first-order valence-corrected chi connectivity index (χ1v) is 7.10. The summed E-state index contributed by atoms with van der Waals surface area (Å²) < 4.78 is 55.6. The molecular formula is C13H22F4O2S. The molecule has 120 valence electrons. The molecule has 0 saturated heterocycles. The fraction of sp³-hybridized carbons (Fsp3) is 0.923. The Morgan fingerprint density at radius 2 is 1.70 bits per heavy atom. The summed E-state index contributed by atoms with van der Waals surface area (Å²) >= 11 is 2.58. The third-order valence-corrected chi connectivity index (χ3v) is 3.71. The van der Waals surface area contributed by atoms with Crippen LogP contribution in [0, 0.1) is 5.41 Å². The monoisotopic (exact) mass is 318 g/mol. The molecule has 1 unspecified atom stereocenters. The van der Waals surface area contributed by atoms with Crippen LogP contribution in [0.15, 0.2) is 0 Å². The van der Waals surface area contributed by atoms with E-state index in [2.05, 4.69) is 12.6 Å². The SMILES string of the molecule is CCCC(C)(CC)C(=O)OCCCC(F)(F)C(F)(F)S. The number of rotatable bonds is 9. The van der Waals surface area contributed by atoms with Crippen LogP contribution in [0.2, 0.25) is 0 Å². The molecule has 1 atom stereocenters. The highest BCUT2D eigenvalue weighted by atomic mass is 32.1. The normalized spacial score (nSPS) is 15.8. The second kappa shape index (κ2) is 7.52. The molecule has 0 aromatic rings. The van der Waals surface area contributed by atoms with Gasteiger partial charge in [0.05, 0.1) is 12.0 Å². The molecule has 7 heteroatoms. The first kappa shape index (κ1) is 19.5. The van der Waals surface area contributed by atoms with Gasteiger partial charge in [-0.25, -0.2) is 0 Å². The molecule has 0 aromatic heterocycles. The van der Waals surface area contributed by atoms with Crippen LogP contribution >= 0.6 is 12.6 Å².